The van der Waals surface area contributed by atoms with Gasteiger partial charge in [-0.1, -0.05) is 13.3 Å². The zero-order valence-electron chi connectivity index (χ0n) is 16.2. The number of piperazine rings is 1. The van der Waals surface area contributed by atoms with Gasteiger partial charge in [-0.3, -0.25) is 18.9 Å². The van der Waals surface area contributed by atoms with Gasteiger partial charge in [0.2, 0.25) is 0 Å². The van der Waals surface area contributed by atoms with Gasteiger partial charge in [0.15, 0.2) is 4.96 Å². The second kappa shape index (κ2) is 8.14. The van der Waals surface area contributed by atoms with Gasteiger partial charge in [-0.15, -0.1) is 22.7 Å². The van der Waals surface area contributed by atoms with E-state index in [1.54, 1.807) is 28.0 Å². The van der Waals surface area contributed by atoms with Gasteiger partial charge in [-0.2, -0.15) is 0 Å². The van der Waals surface area contributed by atoms with Crippen LogP contribution in [0.2, 0.25) is 0 Å². The van der Waals surface area contributed by atoms with Crippen LogP contribution in [-0.2, 0) is 13.0 Å². The first kappa shape index (κ1) is 19.3. The average Bonchev–Trinajstić information content (AvgIpc) is 3.29. The van der Waals surface area contributed by atoms with E-state index in [4.69, 9.17) is 0 Å². The van der Waals surface area contributed by atoms with Gasteiger partial charge in [0.1, 0.15) is 0 Å². The van der Waals surface area contributed by atoms with Crippen LogP contribution in [0.15, 0.2) is 28.5 Å². The number of carbonyl (C=O) groups is 1. The topological polar surface area (TPSA) is 57.9 Å². The molecule has 8 heteroatoms. The molecule has 148 valence electrons. The molecular weight excluding hydrogens is 392 g/mol. The van der Waals surface area contributed by atoms with Crippen molar-refractivity contribution in [2.24, 2.45) is 0 Å². The number of hydrogen-bond donors (Lipinski definition) is 0. The highest BCUT2D eigenvalue weighted by Crippen LogP contribution is 2.24. The van der Waals surface area contributed by atoms with E-state index in [0.29, 0.717) is 19.6 Å². The summed E-state index contributed by atoms with van der Waals surface area (Å²) in [6.07, 6.45) is 3.88. The summed E-state index contributed by atoms with van der Waals surface area (Å²) in [5.74, 6) is 0.145. The fourth-order valence-electron chi connectivity index (χ4n) is 3.61. The predicted octanol–water partition coefficient (Wildman–Crippen LogP) is 3.04. The summed E-state index contributed by atoms with van der Waals surface area (Å²) in [4.78, 5) is 36.6. The number of amides is 1. The third-order valence-corrected chi connectivity index (χ3v) is 6.99. The van der Waals surface area contributed by atoms with Gasteiger partial charge in [0, 0.05) is 55.2 Å². The van der Waals surface area contributed by atoms with E-state index in [-0.39, 0.29) is 11.5 Å². The van der Waals surface area contributed by atoms with Crippen LogP contribution < -0.4 is 5.56 Å². The molecule has 6 nitrogen and oxygen atoms in total. The summed E-state index contributed by atoms with van der Waals surface area (Å²) < 4.78 is 1.57. The molecule has 1 fully saturated rings. The molecular formula is C20H24N4O2S2. The summed E-state index contributed by atoms with van der Waals surface area (Å²) in [5, 5.41) is 1.87. The van der Waals surface area contributed by atoms with Crippen molar-refractivity contribution in [1.82, 2.24) is 19.2 Å². The Morgan fingerprint density at radius 3 is 2.75 bits per heavy atom. The van der Waals surface area contributed by atoms with Crippen LogP contribution in [0.1, 0.15) is 39.2 Å². The van der Waals surface area contributed by atoms with Crippen LogP contribution in [0, 0.1) is 6.92 Å². The molecule has 28 heavy (non-hydrogen) atoms. The van der Waals surface area contributed by atoms with E-state index in [1.165, 1.54) is 21.8 Å². The Balaban J connectivity index is 1.38. The molecule has 1 saturated heterocycles. The zero-order chi connectivity index (χ0) is 19.7. The highest BCUT2D eigenvalue weighted by molar-refractivity contribution is 7.15. The van der Waals surface area contributed by atoms with Crippen LogP contribution in [0.3, 0.4) is 0 Å². The molecule has 1 aliphatic rings. The molecule has 1 aliphatic heterocycles. The van der Waals surface area contributed by atoms with Crippen LogP contribution in [-0.4, -0.2) is 51.3 Å². The molecule has 0 N–H and O–H groups in total. The Bertz CT molecular complexity index is 1040. The van der Waals surface area contributed by atoms with Crippen molar-refractivity contribution >= 4 is 33.5 Å². The molecule has 0 unspecified atom stereocenters. The van der Waals surface area contributed by atoms with Gasteiger partial charge in [-0.25, -0.2) is 4.98 Å². The Labute approximate surface area is 172 Å². The molecule has 0 aromatic carbocycles. The zero-order valence-corrected chi connectivity index (χ0v) is 17.8. The number of thiophene rings is 1. The number of fused-ring (bicyclic) bond motifs is 1. The fraction of sp³-hybridized carbons (Fsp3) is 0.450. The standard InChI is InChI=1S/C20H24N4O2S2/c1-3-4-15-11-17(28-14(15)2)19(26)23-7-5-22(6-8-23)13-16-12-18(25)24-9-10-27-20(24)21-16/h9-12H,3-8,13H2,1-2H3. The average molecular weight is 417 g/mol. The first-order chi connectivity index (χ1) is 13.5. The molecule has 3 aromatic rings. The van der Waals surface area contributed by atoms with E-state index in [9.17, 15) is 9.59 Å². The van der Waals surface area contributed by atoms with Crippen LogP contribution in [0.4, 0.5) is 0 Å². The van der Waals surface area contributed by atoms with Crippen molar-refractivity contribution < 1.29 is 4.79 Å². The van der Waals surface area contributed by atoms with Crippen LogP contribution in [0.25, 0.3) is 4.96 Å². The van der Waals surface area contributed by atoms with Crippen molar-refractivity contribution in [3.05, 3.63) is 55.1 Å². The quantitative estimate of drug-likeness (QED) is 0.642. The highest BCUT2D eigenvalue weighted by atomic mass is 32.1. The van der Waals surface area contributed by atoms with Crippen molar-refractivity contribution in [2.45, 2.75) is 33.2 Å². The van der Waals surface area contributed by atoms with Crippen molar-refractivity contribution in [3.8, 4) is 0 Å². The molecule has 0 spiro atoms. The van der Waals surface area contributed by atoms with E-state index in [2.05, 4.69) is 29.8 Å². The lowest BCUT2D eigenvalue weighted by Crippen LogP contribution is -2.48. The van der Waals surface area contributed by atoms with Crippen LogP contribution >= 0.6 is 22.7 Å². The Hall–Kier alpha value is -2.03. The van der Waals surface area contributed by atoms with Gasteiger partial charge < -0.3 is 4.90 Å². The Morgan fingerprint density at radius 1 is 1.21 bits per heavy atom. The summed E-state index contributed by atoms with van der Waals surface area (Å²) in [7, 11) is 0. The second-order valence-corrected chi connectivity index (χ2v) is 9.28. The Morgan fingerprint density at radius 2 is 2.00 bits per heavy atom. The summed E-state index contributed by atoms with van der Waals surface area (Å²) in [5.41, 5.74) is 2.06. The lowest BCUT2D eigenvalue weighted by molar-refractivity contribution is 0.0632. The Kier molecular flexibility index (Phi) is 5.61. The minimum atomic E-state index is -0.0361. The first-order valence-corrected chi connectivity index (χ1v) is 11.3. The smallest absolute Gasteiger partial charge is 0.264 e. The summed E-state index contributed by atoms with van der Waals surface area (Å²) >= 11 is 3.08. The predicted molar refractivity (Wildman–Crippen MR) is 114 cm³/mol. The monoisotopic (exact) mass is 416 g/mol. The number of rotatable bonds is 5. The molecule has 0 bridgehead atoms. The van der Waals surface area contributed by atoms with Gasteiger partial charge in [0.05, 0.1) is 10.6 Å². The summed E-state index contributed by atoms with van der Waals surface area (Å²) in [6, 6.07) is 3.69. The first-order valence-electron chi connectivity index (χ1n) is 9.62. The molecule has 0 atom stereocenters. The lowest BCUT2D eigenvalue weighted by Gasteiger charge is -2.34. The molecule has 3 aromatic heterocycles. The summed E-state index contributed by atoms with van der Waals surface area (Å²) in [6.45, 7) is 7.91. The molecule has 0 radical (unpaired) electrons. The highest BCUT2D eigenvalue weighted by Gasteiger charge is 2.24. The molecule has 4 heterocycles. The van der Waals surface area contributed by atoms with Gasteiger partial charge in [-0.05, 0) is 25.0 Å². The van der Waals surface area contributed by atoms with Crippen molar-refractivity contribution in [3.63, 3.8) is 0 Å². The maximum atomic E-state index is 12.9. The second-order valence-electron chi connectivity index (χ2n) is 7.15. The third-order valence-electron chi connectivity index (χ3n) is 5.15. The van der Waals surface area contributed by atoms with E-state index >= 15 is 0 Å². The van der Waals surface area contributed by atoms with Crippen LogP contribution in [0.5, 0.6) is 0 Å². The maximum absolute atomic E-state index is 12.9. The van der Waals surface area contributed by atoms with E-state index in [0.717, 1.165) is 41.5 Å². The number of aromatic nitrogens is 2. The molecule has 0 saturated carbocycles. The number of aryl methyl sites for hydroxylation is 2. The van der Waals surface area contributed by atoms with E-state index < -0.39 is 0 Å². The minimum Gasteiger partial charge on any atom is -0.335 e. The van der Waals surface area contributed by atoms with Crippen molar-refractivity contribution in [1.29, 1.82) is 0 Å². The lowest BCUT2D eigenvalue weighted by atomic mass is 10.1. The van der Waals surface area contributed by atoms with E-state index in [1.807, 2.05) is 10.3 Å². The normalized spacial score (nSPS) is 15.4. The molecule has 4 rings (SSSR count). The minimum absolute atomic E-state index is 0.0361. The number of thiazole rings is 1. The number of carbonyl (C=O) groups excluding carboxylic acids is 1. The molecule has 0 aliphatic carbocycles. The molecule has 1 amide bonds. The maximum Gasteiger partial charge on any atom is 0.264 e. The largest absolute Gasteiger partial charge is 0.335 e. The fourth-order valence-corrected chi connectivity index (χ4v) is 5.38. The third kappa shape index (κ3) is 3.90. The van der Waals surface area contributed by atoms with Gasteiger partial charge in [0.25, 0.3) is 11.5 Å². The van der Waals surface area contributed by atoms with Crippen molar-refractivity contribution in [2.75, 3.05) is 26.2 Å². The number of nitrogens with zero attached hydrogens (tertiary/aromatic N) is 4. The van der Waals surface area contributed by atoms with Gasteiger partial charge >= 0.3 is 0 Å². The number of hydrogen-bond acceptors (Lipinski definition) is 6. The SMILES string of the molecule is CCCc1cc(C(=O)N2CCN(Cc3cc(=O)n4ccsc4n3)CC2)sc1C.